The van der Waals surface area contributed by atoms with Gasteiger partial charge in [-0.25, -0.2) is 9.13 Å². The summed E-state index contributed by atoms with van der Waals surface area (Å²) in [7, 11) is 0. The van der Waals surface area contributed by atoms with E-state index in [1.807, 2.05) is 51.1 Å². The molecule has 1 aromatic heterocycles. The molecule has 156 valence electrons. The zero-order chi connectivity index (χ0) is 20.1. The van der Waals surface area contributed by atoms with E-state index in [-0.39, 0.29) is 47.9 Å². The third-order valence-electron chi connectivity index (χ3n) is 5.12. The van der Waals surface area contributed by atoms with Crippen LogP contribution in [0.15, 0.2) is 60.9 Å². The smallest absolute Gasteiger partial charge is 0.245 e. The quantitative estimate of drug-likeness (QED) is 0.347. The predicted molar refractivity (Wildman–Crippen MR) is 111 cm³/mol. The number of hydrogen-bond donors (Lipinski definition) is 2. The Morgan fingerprint density at radius 3 is 2.41 bits per heavy atom. The van der Waals surface area contributed by atoms with E-state index in [1.54, 1.807) is 0 Å². The number of benzene rings is 2. The summed E-state index contributed by atoms with van der Waals surface area (Å²) in [6.45, 7) is 7.37. The van der Waals surface area contributed by atoms with Gasteiger partial charge in [0.15, 0.2) is 11.0 Å². The van der Waals surface area contributed by atoms with Gasteiger partial charge in [0.1, 0.15) is 6.54 Å². The van der Waals surface area contributed by atoms with Crippen LogP contribution in [-0.2, 0) is 17.9 Å². The summed E-state index contributed by atoms with van der Waals surface area (Å²) in [5.41, 5.74) is 3.32. The van der Waals surface area contributed by atoms with Crippen molar-refractivity contribution in [2.45, 2.75) is 46.3 Å². The molecule has 3 aromatic rings. The van der Waals surface area contributed by atoms with Gasteiger partial charge in [0, 0.05) is 0 Å². The van der Waals surface area contributed by atoms with Gasteiger partial charge in [-0.1, -0.05) is 63.2 Å². The van der Waals surface area contributed by atoms with Crippen molar-refractivity contribution >= 4 is 16.9 Å². The number of aromatic nitrogens is 2. The van der Waals surface area contributed by atoms with Gasteiger partial charge in [-0.3, -0.25) is 4.79 Å². The second-order valence-corrected chi connectivity index (χ2v) is 8.33. The molecule has 0 radical (unpaired) electrons. The number of rotatable bonds is 7. The fourth-order valence-corrected chi connectivity index (χ4v) is 3.35. The number of aliphatic hydroxyl groups is 1. The zero-order valence-electron chi connectivity index (χ0n) is 17.3. The lowest BCUT2D eigenvalue weighted by atomic mass is 9.87. The van der Waals surface area contributed by atoms with E-state index >= 15 is 0 Å². The monoisotopic (exact) mass is 507 g/mol. The molecule has 0 unspecified atom stereocenters. The molecule has 0 aliphatic heterocycles. The van der Waals surface area contributed by atoms with Gasteiger partial charge in [0.2, 0.25) is 12.2 Å². The van der Waals surface area contributed by atoms with Crippen LogP contribution in [0.3, 0.4) is 0 Å². The highest BCUT2D eigenvalue weighted by molar-refractivity contribution is 5.77. The van der Waals surface area contributed by atoms with Crippen LogP contribution in [0.25, 0.3) is 11.0 Å². The molecule has 0 spiro atoms. The normalized spacial score (nSPS) is 12.4. The van der Waals surface area contributed by atoms with Crippen molar-refractivity contribution in [2.24, 2.45) is 5.41 Å². The molecule has 5 nitrogen and oxygen atoms in total. The van der Waals surface area contributed by atoms with Crippen LogP contribution in [-0.4, -0.2) is 28.2 Å². The Morgan fingerprint density at radius 2 is 1.76 bits per heavy atom. The first-order valence-electron chi connectivity index (χ1n) is 9.80. The van der Waals surface area contributed by atoms with Crippen LogP contribution >= 0.6 is 0 Å². The Hall–Kier alpha value is -1.93. The molecule has 3 rings (SSSR count). The van der Waals surface area contributed by atoms with Crippen molar-refractivity contribution in [3.8, 4) is 0 Å². The van der Waals surface area contributed by atoms with Crippen molar-refractivity contribution in [3.05, 3.63) is 66.5 Å². The standard InChI is InChI=1S/C23H29N3O2.HI/c1-23(2,3)21(16-27)24-22(28)13-14-25-17-26(15-18-9-5-4-6-10-18)20-12-8-7-11-19(20)25;/h4-12,17,21,27H,13-16H2,1-3H3;1H/t21-;/m1./s1. The lowest BCUT2D eigenvalue weighted by molar-refractivity contribution is -0.663. The number of nitrogens with one attached hydrogen (secondary N) is 1. The lowest BCUT2D eigenvalue weighted by Crippen LogP contribution is -3.00. The summed E-state index contributed by atoms with van der Waals surface area (Å²) in [4.78, 5) is 12.4. The van der Waals surface area contributed by atoms with Crippen LogP contribution in [0, 0.1) is 5.41 Å². The highest BCUT2D eigenvalue weighted by atomic mass is 127. The predicted octanol–water partition coefficient (Wildman–Crippen LogP) is -0.106. The number of fused-ring (bicyclic) bond motifs is 1. The first-order valence-corrected chi connectivity index (χ1v) is 9.80. The summed E-state index contributed by atoms with van der Waals surface area (Å²) < 4.78 is 4.34. The number of halogens is 1. The van der Waals surface area contributed by atoms with Crippen LogP contribution < -0.4 is 33.9 Å². The Bertz CT molecular complexity index is 932. The number of imidazole rings is 1. The summed E-state index contributed by atoms with van der Waals surface area (Å²) >= 11 is 0. The third kappa shape index (κ3) is 6.02. The third-order valence-corrected chi connectivity index (χ3v) is 5.12. The first-order chi connectivity index (χ1) is 13.4. The fourth-order valence-electron chi connectivity index (χ4n) is 3.35. The van der Waals surface area contributed by atoms with Gasteiger partial charge in [0.05, 0.1) is 25.6 Å². The van der Waals surface area contributed by atoms with E-state index in [0.29, 0.717) is 13.0 Å². The second-order valence-electron chi connectivity index (χ2n) is 8.33. The van der Waals surface area contributed by atoms with Gasteiger partial charge < -0.3 is 34.4 Å². The molecule has 6 heteroatoms. The molecular formula is C23H30IN3O2. The molecule has 29 heavy (non-hydrogen) atoms. The molecule has 0 aliphatic carbocycles. The van der Waals surface area contributed by atoms with E-state index < -0.39 is 0 Å². The number of hydrogen-bond acceptors (Lipinski definition) is 2. The van der Waals surface area contributed by atoms with Gasteiger partial charge in [-0.15, -0.1) is 0 Å². The van der Waals surface area contributed by atoms with E-state index in [1.165, 1.54) is 5.56 Å². The zero-order valence-corrected chi connectivity index (χ0v) is 19.5. The van der Waals surface area contributed by atoms with Crippen molar-refractivity contribution in [2.75, 3.05) is 6.61 Å². The van der Waals surface area contributed by atoms with Gasteiger partial charge in [-0.05, 0) is 23.1 Å². The van der Waals surface area contributed by atoms with Gasteiger partial charge >= 0.3 is 0 Å². The van der Waals surface area contributed by atoms with E-state index in [0.717, 1.165) is 17.6 Å². The fraction of sp³-hybridized carbons (Fsp3) is 0.391. The van der Waals surface area contributed by atoms with E-state index in [4.69, 9.17) is 0 Å². The molecule has 1 atom stereocenters. The van der Waals surface area contributed by atoms with E-state index in [2.05, 4.69) is 45.0 Å². The number of amides is 1. The lowest BCUT2D eigenvalue weighted by Gasteiger charge is -2.29. The first kappa shape index (κ1) is 23.3. The average molecular weight is 507 g/mol. The highest BCUT2D eigenvalue weighted by Gasteiger charge is 2.25. The number of aliphatic hydroxyl groups excluding tert-OH is 1. The number of carbonyl (C=O) groups excluding carboxylic acids is 1. The average Bonchev–Trinajstić information content (AvgIpc) is 3.02. The van der Waals surface area contributed by atoms with Crippen molar-refractivity contribution in [3.63, 3.8) is 0 Å². The molecule has 0 saturated carbocycles. The van der Waals surface area contributed by atoms with Crippen LogP contribution in [0.1, 0.15) is 32.8 Å². The van der Waals surface area contributed by atoms with Crippen LogP contribution in [0.5, 0.6) is 0 Å². The highest BCUT2D eigenvalue weighted by Crippen LogP contribution is 2.19. The summed E-state index contributed by atoms with van der Waals surface area (Å²) in [5, 5.41) is 12.5. The van der Waals surface area contributed by atoms with Crippen molar-refractivity contribution in [1.82, 2.24) is 9.88 Å². The minimum absolute atomic E-state index is 0. The molecule has 1 heterocycles. The molecule has 0 bridgehead atoms. The number of para-hydroxylation sites is 2. The molecule has 0 saturated heterocycles. The van der Waals surface area contributed by atoms with Crippen LogP contribution in [0.2, 0.25) is 0 Å². The molecular weight excluding hydrogens is 477 g/mol. The summed E-state index contributed by atoms with van der Waals surface area (Å²) in [6, 6.07) is 18.4. The largest absolute Gasteiger partial charge is 1.00 e. The number of carbonyl (C=O) groups is 1. The topological polar surface area (TPSA) is 58.1 Å². The molecule has 2 aromatic carbocycles. The number of nitrogens with zero attached hydrogens (tertiary/aromatic N) is 2. The van der Waals surface area contributed by atoms with Crippen molar-refractivity contribution in [1.29, 1.82) is 0 Å². The molecule has 2 N–H and O–H groups in total. The maximum absolute atomic E-state index is 12.4. The Morgan fingerprint density at radius 1 is 1.10 bits per heavy atom. The van der Waals surface area contributed by atoms with Crippen molar-refractivity contribution < 1.29 is 38.4 Å². The minimum Gasteiger partial charge on any atom is -1.00 e. The Balaban J connectivity index is 0.00000300. The molecule has 0 fully saturated rings. The maximum atomic E-state index is 12.4. The van der Waals surface area contributed by atoms with Crippen LogP contribution in [0.4, 0.5) is 0 Å². The number of aryl methyl sites for hydroxylation is 1. The molecule has 0 aliphatic rings. The van der Waals surface area contributed by atoms with E-state index in [9.17, 15) is 9.90 Å². The Labute approximate surface area is 189 Å². The molecule has 1 amide bonds. The maximum Gasteiger partial charge on any atom is 0.245 e. The van der Waals surface area contributed by atoms with Gasteiger partial charge in [-0.2, -0.15) is 0 Å². The SMILES string of the molecule is CC(C)(C)[C@@H](CO)NC(=O)CCn1c[n+](Cc2ccccc2)c2ccccc21.[I-]. The minimum atomic E-state index is -0.246. The second kappa shape index (κ2) is 10.2. The summed E-state index contributed by atoms with van der Waals surface area (Å²) in [5.74, 6) is -0.0404. The Kier molecular flexibility index (Phi) is 8.22. The van der Waals surface area contributed by atoms with Gasteiger partial charge in [0.25, 0.3) is 0 Å². The summed E-state index contributed by atoms with van der Waals surface area (Å²) in [6.07, 6.45) is 2.45.